The van der Waals surface area contributed by atoms with Crippen LogP contribution in [0, 0.1) is 11.7 Å². The van der Waals surface area contributed by atoms with Gasteiger partial charge in [-0.05, 0) is 36.8 Å². The molecule has 2 amide bonds. The second kappa shape index (κ2) is 8.90. The molecule has 9 heteroatoms. The molecule has 0 aliphatic carbocycles. The average Bonchev–Trinajstić information content (AvgIpc) is 3.10. The van der Waals surface area contributed by atoms with E-state index in [1.54, 1.807) is 42.3 Å². The minimum absolute atomic E-state index is 0.0410. The summed E-state index contributed by atoms with van der Waals surface area (Å²) in [6.07, 6.45) is 0.197. The summed E-state index contributed by atoms with van der Waals surface area (Å²) in [7, 11) is -2.06. The van der Waals surface area contributed by atoms with Crippen LogP contribution in [-0.4, -0.2) is 57.6 Å². The van der Waals surface area contributed by atoms with Gasteiger partial charge in [0.25, 0.3) is 0 Å². The lowest BCUT2D eigenvalue weighted by Crippen LogP contribution is -2.39. The number of amides is 2. The first-order chi connectivity index (χ1) is 15.3. The number of hydrogen-bond acceptors (Lipinski definition) is 5. The van der Waals surface area contributed by atoms with Crippen LogP contribution in [-0.2, 0) is 19.4 Å². The molecule has 2 aliphatic heterocycles. The molecule has 0 spiro atoms. The van der Waals surface area contributed by atoms with Crippen LogP contribution in [0.5, 0.6) is 5.75 Å². The highest BCUT2D eigenvalue weighted by Crippen LogP contribution is 2.33. The number of hydrogen-bond donors (Lipinski definition) is 0. The summed E-state index contributed by atoms with van der Waals surface area (Å²) in [4.78, 5) is 28.8. The number of carbonyl (C=O) groups is 2. The van der Waals surface area contributed by atoms with Gasteiger partial charge in [0.2, 0.25) is 11.8 Å². The quantitative estimate of drug-likeness (QED) is 0.700. The molecule has 2 atom stereocenters. The third-order valence-corrected chi connectivity index (χ3v) is 8.27. The smallest absolute Gasteiger partial charge is 0.228 e. The summed E-state index contributed by atoms with van der Waals surface area (Å²) >= 11 is 0. The fraction of sp³-hybridized carbons (Fsp3) is 0.391. The Hall–Kier alpha value is -2.94. The van der Waals surface area contributed by atoms with Gasteiger partial charge in [-0.3, -0.25) is 9.59 Å². The monoisotopic (exact) mass is 460 g/mol. The summed E-state index contributed by atoms with van der Waals surface area (Å²) < 4.78 is 45.0. The molecule has 0 bridgehead atoms. The molecule has 2 fully saturated rings. The van der Waals surface area contributed by atoms with Gasteiger partial charge in [-0.1, -0.05) is 18.2 Å². The number of carbonyl (C=O) groups excluding carboxylic acids is 2. The Labute approximate surface area is 186 Å². The third kappa shape index (κ3) is 4.34. The molecule has 0 aromatic heterocycles. The van der Waals surface area contributed by atoms with E-state index in [1.165, 1.54) is 23.1 Å². The Morgan fingerprint density at radius 3 is 2.50 bits per heavy atom. The van der Waals surface area contributed by atoms with E-state index in [0.29, 0.717) is 11.4 Å². The summed E-state index contributed by atoms with van der Waals surface area (Å²) in [5.41, 5.74) is 0.827. The number of ether oxygens (including phenoxy) is 1. The predicted molar refractivity (Wildman–Crippen MR) is 118 cm³/mol. The molecule has 4 rings (SSSR count). The van der Waals surface area contributed by atoms with Crippen LogP contribution in [0.25, 0.3) is 0 Å². The van der Waals surface area contributed by atoms with E-state index in [-0.39, 0.29) is 55.6 Å². The van der Waals surface area contributed by atoms with Crippen molar-refractivity contribution in [3.63, 3.8) is 0 Å². The lowest BCUT2D eigenvalue weighted by atomic mass is 10.1. The molecule has 2 heterocycles. The number of rotatable bonds is 4. The van der Waals surface area contributed by atoms with E-state index in [0.717, 1.165) is 0 Å². The maximum Gasteiger partial charge on any atom is 0.228 e. The van der Waals surface area contributed by atoms with Gasteiger partial charge in [0.1, 0.15) is 11.6 Å². The first kappa shape index (κ1) is 22.3. The molecule has 2 unspecified atom stereocenters. The number of halogens is 1. The molecule has 2 aromatic rings. The van der Waals surface area contributed by atoms with Gasteiger partial charge in [0, 0.05) is 37.3 Å². The molecular formula is C23H25FN2O5S. The Kier molecular flexibility index (Phi) is 6.19. The normalized spacial score (nSPS) is 23.1. The average molecular weight is 461 g/mol. The van der Waals surface area contributed by atoms with Gasteiger partial charge in [-0.15, -0.1) is 0 Å². The second-order valence-corrected chi connectivity index (χ2v) is 10.4. The third-order valence-electron chi connectivity index (χ3n) is 6.16. The number of sulfone groups is 1. The molecule has 2 saturated heterocycles. The zero-order chi connectivity index (χ0) is 22.9. The first-order valence-electron chi connectivity index (χ1n) is 10.5. The summed E-state index contributed by atoms with van der Waals surface area (Å²) in [5, 5.41) is -0.984. The fourth-order valence-electron chi connectivity index (χ4n) is 4.39. The molecule has 32 heavy (non-hydrogen) atoms. The molecule has 0 N–H and O–H groups in total. The Bertz CT molecular complexity index is 1120. The van der Waals surface area contributed by atoms with Crippen molar-refractivity contribution in [2.75, 3.05) is 37.4 Å². The van der Waals surface area contributed by atoms with Crippen molar-refractivity contribution in [2.24, 2.45) is 5.92 Å². The maximum atomic E-state index is 14.3. The topological polar surface area (TPSA) is 84.0 Å². The number of methoxy groups -OCH3 is 1. The molecule has 170 valence electrons. The van der Waals surface area contributed by atoms with Crippen molar-refractivity contribution in [1.29, 1.82) is 0 Å². The summed E-state index contributed by atoms with van der Waals surface area (Å²) in [5.74, 6) is -1.06. The van der Waals surface area contributed by atoms with Crippen molar-refractivity contribution in [1.82, 2.24) is 4.90 Å². The molecule has 0 radical (unpaired) electrons. The zero-order valence-corrected chi connectivity index (χ0v) is 18.6. The van der Waals surface area contributed by atoms with Crippen molar-refractivity contribution >= 4 is 27.3 Å². The van der Waals surface area contributed by atoms with Crippen LogP contribution in [0.15, 0.2) is 48.5 Å². The molecule has 2 aliphatic rings. The van der Waals surface area contributed by atoms with Crippen LogP contribution in [0.3, 0.4) is 0 Å². The number of anilines is 1. The molecule has 7 nitrogen and oxygen atoms in total. The van der Waals surface area contributed by atoms with E-state index in [2.05, 4.69) is 0 Å². The van der Waals surface area contributed by atoms with Gasteiger partial charge in [0.15, 0.2) is 9.84 Å². The van der Waals surface area contributed by atoms with E-state index in [9.17, 15) is 22.4 Å². The van der Waals surface area contributed by atoms with Crippen LogP contribution in [0.4, 0.5) is 10.1 Å². The van der Waals surface area contributed by atoms with Crippen molar-refractivity contribution < 1.29 is 27.1 Å². The SMILES string of the molecule is COc1ccc(N2CC(C(=O)N3CCC(c4ccccc4F)S(=O)(=O)CC3)CC2=O)cc1. The molecule has 0 saturated carbocycles. The largest absolute Gasteiger partial charge is 0.497 e. The van der Waals surface area contributed by atoms with Crippen LogP contribution >= 0.6 is 0 Å². The number of nitrogens with zero attached hydrogens (tertiary/aromatic N) is 2. The highest BCUT2D eigenvalue weighted by molar-refractivity contribution is 7.91. The minimum Gasteiger partial charge on any atom is -0.497 e. The van der Waals surface area contributed by atoms with E-state index in [4.69, 9.17) is 4.74 Å². The molecule has 2 aromatic carbocycles. The minimum atomic E-state index is -3.62. The van der Waals surface area contributed by atoms with Gasteiger partial charge in [0.05, 0.1) is 24.0 Å². The van der Waals surface area contributed by atoms with E-state index >= 15 is 0 Å². The second-order valence-electron chi connectivity index (χ2n) is 8.09. The van der Waals surface area contributed by atoms with Gasteiger partial charge in [-0.25, -0.2) is 12.8 Å². The van der Waals surface area contributed by atoms with E-state index in [1.807, 2.05) is 0 Å². The fourth-order valence-corrected chi connectivity index (χ4v) is 6.19. The van der Waals surface area contributed by atoms with Gasteiger partial charge >= 0.3 is 0 Å². The lowest BCUT2D eigenvalue weighted by Gasteiger charge is -2.24. The van der Waals surface area contributed by atoms with Crippen molar-refractivity contribution in [2.45, 2.75) is 18.1 Å². The molecular weight excluding hydrogens is 435 g/mol. The Morgan fingerprint density at radius 2 is 1.81 bits per heavy atom. The van der Waals surface area contributed by atoms with Crippen LogP contribution in [0.2, 0.25) is 0 Å². The van der Waals surface area contributed by atoms with Crippen LogP contribution < -0.4 is 9.64 Å². The standard InChI is InChI=1S/C23H25FN2O5S/c1-31-18-8-6-17(7-9-18)26-15-16(14-22(26)27)23(28)25-11-10-21(32(29,30)13-12-25)19-4-2-3-5-20(19)24/h2-9,16,21H,10-15H2,1H3. The Morgan fingerprint density at radius 1 is 1.09 bits per heavy atom. The maximum absolute atomic E-state index is 14.3. The highest BCUT2D eigenvalue weighted by atomic mass is 32.2. The van der Waals surface area contributed by atoms with Crippen LogP contribution in [0.1, 0.15) is 23.7 Å². The zero-order valence-electron chi connectivity index (χ0n) is 17.7. The number of benzene rings is 2. The lowest BCUT2D eigenvalue weighted by molar-refractivity contribution is -0.135. The Balaban J connectivity index is 1.47. The highest BCUT2D eigenvalue weighted by Gasteiger charge is 2.40. The van der Waals surface area contributed by atoms with Gasteiger partial charge in [-0.2, -0.15) is 0 Å². The first-order valence-corrected chi connectivity index (χ1v) is 12.2. The van der Waals surface area contributed by atoms with Gasteiger partial charge < -0.3 is 14.5 Å². The summed E-state index contributed by atoms with van der Waals surface area (Å²) in [6.45, 7) is 0.480. The van der Waals surface area contributed by atoms with Crippen molar-refractivity contribution in [3.8, 4) is 5.75 Å². The van der Waals surface area contributed by atoms with Crippen molar-refractivity contribution in [3.05, 3.63) is 59.9 Å². The summed E-state index contributed by atoms with van der Waals surface area (Å²) in [6, 6.07) is 12.9. The van der Waals surface area contributed by atoms with E-state index < -0.39 is 26.8 Å². The predicted octanol–water partition coefficient (Wildman–Crippen LogP) is 2.58.